The Morgan fingerprint density at radius 2 is 2.14 bits per heavy atom. The van der Waals surface area contributed by atoms with Crippen molar-refractivity contribution in [1.82, 2.24) is 14.9 Å². The maximum absolute atomic E-state index is 12.7. The van der Waals surface area contributed by atoms with Crippen molar-refractivity contribution in [2.24, 2.45) is 5.92 Å². The van der Waals surface area contributed by atoms with Crippen LogP contribution in [0.4, 0.5) is 0 Å². The van der Waals surface area contributed by atoms with Crippen LogP contribution in [-0.2, 0) is 4.79 Å². The number of carboxylic acids is 1. The number of piperidine rings is 1. The lowest BCUT2D eigenvalue weighted by atomic mass is 9.97. The van der Waals surface area contributed by atoms with Gasteiger partial charge in [-0.25, -0.2) is 9.97 Å². The van der Waals surface area contributed by atoms with Crippen LogP contribution in [0, 0.1) is 12.8 Å². The molecule has 6 heteroatoms. The summed E-state index contributed by atoms with van der Waals surface area (Å²) in [6, 6.07) is 0. The summed E-state index contributed by atoms with van der Waals surface area (Å²) < 4.78 is 0. The lowest BCUT2D eigenvalue weighted by Crippen LogP contribution is -2.42. The van der Waals surface area contributed by atoms with Crippen molar-refractivity contribution in [3.05, 3.63) is 23.3 Å². The molecule has 1 fully saturated rings. The summed E-state index contributed by atoms with van der Waals surface area (Å²) in [7, 11) is 0. The van der Waals surface area contributed by atoms with Gasteiger partial charge in [0.1, 0.15) is 5.82 Å². The number of carbonyl (C=O) groups excluding carboxylic acids is 1. The number of nitrogens with zero attached hydrogens (tertiary/aromatic N) is 3. The molecule has 1 atom stereocenters. The molecular formula is C15H21N3O3. The van der Waals surface area contributed by atoms with Crippen LogP contribution in [0.5, 0.6) is 0 Å². The normalized spacial score (nSPS) is 18.9. The number of likely N-dealkylation sites (tertiary alicyclic amines) is 1. The molecule has 0 spiro atoms. The summed E-state index contributed by atoms with van der Waals surface area (Å²) in [5, 5.41) is 9.12. The van der Waals surface area contributed by atoms with Gasteiger partial charge in [-0.05, 0) is 25.7 Å². The zero-order chi connectivity index (χ0) is 15.6. The molecule has 0 aromatic carbocycles. The number of carboxylic acid groups (broad SMARTS) is 1. The van der Waals surface area contributed by atoms with Gasteiger partial charge in [-0.3, -0.25) is 9.59 Å². The third kappa shape index (κ3) is 3.37. The van der Waals surface area contributed by atoms with Crippen LogP contribution in [-0.4, -0.2) is 44.9 Å². The van der Waals surface area contributed by atoms with Crippen LogP contribution in [0.3, 0.4) is 0 Å². The average Bonchev–Trinajstić information content (AvgIpc) is 2.46. The van der Waals surface area contributed by atoms with Crippen molar-refractivity contribution >= 4 is 11.9 Å². The second-order valence-corrected chi connectivity index (χ2v) is 5.80. The third-order valence-corrected chi connectivity index (χ3v) is 3.77. The van der Waals surface area contributed by atoms with Gasteiger partial charge in [-0.1, -0.05) is 13.8 Å². The highest BCUT2D eigenvalue weighted by Crippen LogP contribution is 2.22. The maximum Gasteiger partial charge on any atom is 0.308 e. The molecule has 1 amide bonds. The van der Waals surface area contributed by atoms with Gasteiger partial charge in [0.2, 0.25) is 0 Å². The largest absolute Gasteiger partial charge is 0.481 e. The second kappa shape index (κ2) is 6.20. The first-order valence-corrected chi connectivity index (χ1v) is 7.25. The van der Waals surface area contributed by atoms with E-state index in [1.165, 1.54) is 0 Å². The summed E-state index contributed by atoms with van der Waals surface area (Å²) >= 11 is 0. The average molecular weight is 291 g/mol. The summed E-state index contributed by atoms with van der Waals surface area (Å²) in [5.74, 6) is -0.721. The fraction of sp³-hybridized carbons (Fsp3) is 0.600. The standard InChI is InChI=1S/C15H21N3O3/c1-9(2)13-12(7-16-10(3)17-13)14(19)18-6-4-5-11(8-18)15(20)21/h7,9,11H,4-6,8H2,1-3H3,(H,20,21). The summed E-state index contributed by atoms with van der Waals surface area (Å²) in [5.41, 5.74) is 1.21. The molecule has 2 rings (SSSR count). The molecule has 1 aromatic rings. The second-order valence-electron chi connectivity index (χ2n) is 5.80. The van der Waals surface area contributed by atoms with Crippen molar-refractivity contribution in [1.29, 1.82) is 0 Å². The molecule has 114 valence electrons. The van der Waals surface area contributed by atoms with E-state index in [0.717, 1.165) is 5.69 Å². The Bertz CT molecular complexity index is 557. The lowest BCUT2D eigenvalue weighted by molar-refractivity contribution is -0.143. The van der Waals surface area contributed by atoms with E-state index >= 15 is 0 Å². The topological polar surface area (TPSA) is 83.4 Å². The minimum atomic E-state index is -0.836. The molecule has 1 N–H and O–H groups in total. The summed E-state index contributed by atoms with van der Waals surface area (Å²) in [6.07, 6.45) is 2.90. The number of aryl methyl sites for hydroxylation is 1. The molecule has 1 aromatic heterocycles. The predicted octanol–water partition coefficient (Wildman–Crippen LogP) is 1.85. The predicted molar refractivity (Wildman–Crippen MR) is 77.1 cm³/mol. The van der Waals surface area contributed by atoms with E-state index in [1.54, 1.807) is 18.0 Å². The van der Waals surface area contributed by atoms with Crippen molar-refractivity contribution in [2.75, 3.05) is 13.1 Å². The van der Waals surface area contributed by atoms with Crippen molar-refractivity contribution < 1.29 is 14.7 Å². The van der Waals surface area contributed by atoms with Crippen LogP contribution >= 0.6 is 0 Å². The molecule has 1 unspecified atom stereocenters. The Hall–Kier alpha value is -1.98. The third-order valence-electron chi connectivity index (χ3n) is 3.77. The molecule has 0 bridgehead atoms. The van der Waals surface area contributed by atoms with E-state index in [9.17, 15) is 9.59 Å². The van der Waals surface area contributed by atoms with E-state index < -0.39 is 11.9 Å². The monoisotopic (exact) mass is 291 g/mol. The van der Waals surface area contributed by atoms with Gasteiger partial charge < -0.3 is 10.0 Å². The number of rotatable bonds is 3. The zero-order valence-corrected chi connectivity index (χ0v) is 12.7. The molecule has 2 heterocycles. The molecule has 21 heavy (non-hydrogen) atoms. The molecule has 1 aliphatic rings. The highest BCUT2D eigenvalue weighted by atomic mass is 16.4. The quantitative estimate of drug-likeness (QED) is 0.918. The minimum absolute atomic E-state index is 0.116. The van der Waals surface area contributed by atoms with Gasteiger partial charge in [0.15, 0.2) is 0 Å². The van der Waals surface area contributed by atoms with Crippen molar-refractivity contribution in [3.63, 3.8) is 0 Å². The van der Waals surface area contributed by atoms with Crippen LogP contribution < -0.4 is 0 Å². The van der Waals surface area contributed by atoms with E-state index in [1.807, 2.05) is 13.8 Å². The highest BCUT2D eigenvalue weighted by Gasteiger charge is 2.30. The van der Waals surface area contributed by atoms with Crippen LogP contribution in [0.15, 0.2) is 6.20 Å². The van der Waals surface area contributed by atoms with Crippen molar-refractivity contribution in [3.8, 4) is 0 Å². The van der Waals surface area contributed by atoms with E-state index in [0.29, 0.717) is 30.8 Å². The Morgan fingerprint density at radius 1 is 1.43 bits per heavy atom. The summed E-state index contributed by atoms with van der Waals surface area (Å²) in [4.78, 5) is 33.9. The smallest absolute Gasteiger partial charge is 0.308 e. The van der Waals surface area contributed by atoms with Crippen LogP contribution in [0.25, 0.3) is 0 Å². The molecule has 1 saturated heterocycles. The Balaban J connectivity index is 2.25. The van der Waals surface area contributed by atoms with E-state index in [-0.39, 0.29) is 18.4 Å². The molecule has 0 radical (unpaired) electrons. The number of amides is 1. The number of carbonyl (C=O) groups is 2. The van der Waals surface area contributed by atoms with Gasteiger partial charge in [0.05, 0.1) is 17.2 Å². The van der Waals surface area contributed by atoms with E-state index in [2.05, 4.69) is 9.97 Å². The fourth-order valence-corrected chi connectivity index (χ4v) is 2.63. The lowest BCUT2D eigenvalue weighted by Gasteiger charge is -2.31. The fourth-order valence-electron chi connectivity index (χ4n) is 2.63. The number of hydrogen-bond donors (Lipinski definition) is 1. The SMILES string of the molecule is Cc1ncc(C(=O)N2CCCC(C(=O)O)C2)c(C(C)C)n1. The van der Waals surface area contributed by atoms with Gasteiger partial charge in [-0.2, -0.15) is 0 Å². The van der Waals surface area contributed by atoms with Crippen LogP contribution in [0.2, 0.25) is 0 Å². The number of hydrogen-bond acceptors (Lipinski definition) is 4. The summed E-state index contributed by atoms with van der Waals surface area (Å²) in [6.45, 7) is 6.61. The van der Waals surface area contributed by atoms with Gasteiger partial charge in [0.25, 0.3) is 5.91 Å². The highest BCUT2D eigenvalue weighted by molar-refractivity contribution is 5.95. The first-order chi connectivity index (χ1) is 9.90. The first kappa shape index (κ1) is 15.4. The number of aromatic nitrogens is 2. The molecular weight excluding hydrogens is 270 g/mol. The Morgan fingerprint density at radius 3 is 2.76 bits per heavy atom. The Kier molecular flexibility index (Phi) is 4.55. The Labute approximate surface area is 124 Å². The van der Waals surface area contributed by atoms with E-state index in [4.69, 9.17) is 5.11 Å². The first-order valence-electron chi connectivity index (χ1n) is 7.25. The van der Waals surface area contributed by atoms with Gasteiger partial charge in [-0.15, -0.1) is 0 Å². The molecule has 6 nitrogen and oxygen atoms in total. The number of aliphatic carboxylic acids is 1. The minimum Gasteiger partial charge on any atom is -0.481 e. The van der Waals surface area contributed by atoms with Crippen molar-refractivity contribution in [2.45, 2.75) is 39.5 Å². The van der Waals surface area contributed by atoms with Crippen LogP contribution in [0.1, 0.15) is 54.5 Å². The molecule has 1 aliphatic heterocycles. The zero-order valence-electron chi connectivity index (χ0n) is 12.7. The molecule has 0 aliphatic carbocycles. The van der Waals surface area contributed by atoms with Gasteiger partial charge >= 0.3 is 5.97 Å². The maximum atomic E-state index is 12.7. The molecule has 0 saturated carbocycles. The van der Waals surface area contributed by atoms with Gasteiger partial charge in [0, 0.05) is 19.3 Å².